The van der Waals surface area contributed by atoms with E-state index in [0.717, 1.165) is 12.1 Å². The molecule has 2 rings (SSSR count). The van der Waals surface area contributed by atoms with E-state index in [4.69, 9.17) is 4.42 Å². The van der Waals surface area contributed by atoms with E-state index in [-0.39, 0.29) is 17.2 Å². The Labute approximate surface area is 115 Å². The largest absolute Gasteiger partial charge is 0.406 e. The van der Waals surface area contributed by atoms with Gasteiger partial charge in [0.05, 0.1) is 12.2 Å². The molecule has 0 radical (unpaired) electrons. The highest BCUT2D eigenvalue weighted by atomic mass is 19.1. The van der Waals surface area contributed by atoms with Gasteiger partial charge in [-0.2, -0.15) is 0 Å². The minimum absolute atomic E-state index is 0.0567. The number of nitrogens with one attached hydrogen (secondary N) is 2. The first kappa shape index (κ1) is 14.4. The Morgan fingerprint density at radius 1 is 1.20 bits per heavy atom. The fourth-order valence-electron chi connectivity index (χ4n) is 1.42. The zero-order valence-corrected chi connectivity index (χ0v) is 11.5. The highest BCUT2D eigenvalue weighted by molar-refractivity contribution is 5.52. The first-order valence-electron chi connectivity index (χ1n) is 6.13. The standard InChI is InChI=1S/C13H16F2N4O/c1-13(2,3)16-7-11-18-19-12(20-11)17-10-5-4-8(14)6-9(10)15/h4-6,16H,7H2,1-3H3,(H,17,19). The Hall–Kier alpha value is -2.02. The molecule has 108 valence electrons. The minimum Gasteiger partial charge on any atom is -0.406 e. The van der Waals surface area contributed by atoms with Gasteiger partial charge in [0.1, 0.15) is 11.6 Å². The molecule has 7 heteroatoms. The van der Waals surface area contributed by atoms with E-state index in [9.17, 15) is 8.78 Å². The molecule has 0 saturated carbocycles. The van der Waals surface area contributed by atoms with Crippen LogP contribution in [-0.4, -0.2) is 15.7 Å². The van der Waals surface area contributed by atoms with Crippen LogP contribution in [0.1, 0.15) is 26.7 Å². The van der Waals surface area contributed by atoms with Gasteiger partial charge in [-0.25, -0.2) is 8.78 Å². The van der Waals surface area contributed by atoms with Crippen LogP contribution in [0.3, 0.4) is 0 Å². The quantitative estimate of drug-likeness (QED) is 0.902. The van der Waals surface area contributed by atoms with Gasteiger partial charge in [-0.05, 0) is 32.9 Å². The van der Waals surface area contributed by atoms with E-state index in [0.29, 0.717) is 12.4 Å². The molecule has 2 aromatic rings. The summed E-state index contributed by atoms with van der Waals surface area (Å²) in [6, 6.07) is 3.24. The van der Waals surface area contributed by atoms with E-state index >= 15 is 0 Å². The summed E-state index contributed by atoms with van der Waals surface area (Å²) in [5.41, 5.74) is -0.00382. The number of rotatable bonds is 4. The van der Waals surface area contributed by atoms with Gasteiger partial charge in [0.2, 0.25) is 5.89 Å². The normalized spacial score (nSPS) is 11.7. The number of anilines is 2. The number of aromatic nitrogens is 2. The molecule has 1 heterocycles. The fraction of sp³-hybridized carbons (Fsp3) is 0.385. The molecule has 0 saturated heterocycles. The Bertz CT molecular complexity index is 592. The first-order chi connectivity index (χ1) is 9.33. The van der Waals surface area contributed by atoms with E-state index in [2.05, 4.69) is 20.8 Å². The highest BCUT2D eigenvalue weighted by Crippen LogP contribution is 2.19. The second-order valence-electron chi connectivity index (χ2n) is 5.35. The SMILES string of the molecule is CC(C)(C)NCc1nnc(Nc2ccc(F)cc2F)o1. The molecule has 0 atom stereocenters. The molecule has 1 aromatic carbocycles. The summed E-state index contributed by atoms with van der Waals surface area (Å²) < 4.78 is 31.5. The van der Waals surface area contributed by atoms with Crippen molar-refractivity contribution in [3.8, 4) is 0 Å². The number of hydrogen-bond acceptors (Lipinski definition) is 5. The molecule has 0 amide bonds. The lowest BCUT2D eigenvalue weighted by Crippen LogP contribution is -2.35. The van der Waals surface area contributed by atoms with Crippen LogP contribution in [0.5, 0.6) is 0 Å². The van der Waals surface area contributed by atoms with Crippen molar-refractivity contribution in [3.05, 3.63) is 35.7 Å². The fourth-order valence-corrected chi connectivity index (χ4v) is 1.42. The van der Waals surface area contributed by atoms with Crippen LogP contribution in [0.15, 0.2) is 22.6 Å². The smallest absolute Gasteiger partial charge is 0.320 e. The van der Waals surface area contributed by atoms with Crippen molar-refractivity contribution in [3.63, 3.8) is 0 Å². The second kappa shape index (κ2) is 5.54. The lowest BCUT2D eigenvalue weighted by molar-refractivity contribution is 0.384. The van der Waals surface area contributed by atoms with Crippen molar-refractivity contribution in [1.82, 2.24) is 15.5 Å². The van der Waals surface area contributed by atoms with Crippen molar-refractivity contribution in [2.45, 2.75) is 32.9 Å². The third-order valence-electron chi connectivity index (χ3n) is 2.41. The van der Waals surface area contributed by atoms with Gasteiger partial charge < -0.3 is 15.1 Å². The molecule has 0 fully saturated rings. The molecule has 0 spiro atoms. The number of benzene rings is 1. The van der Waals surface area contributed by atoms with Crippen molar-refractivity contribution in [2.75, 3.05) is 5.32 Å². The van der Waals surface area contributed by atoms with E-state index in [1.54, 1.807) is 0 Å². The first-order valence-corrected chi connectivity index (χ1v) is 6.13. The average molecular weight is 282 g/mol. The van der Waals surface area contributed by atoms with E-state index in [1.807, 2.05) is 20.8 Å². The maximum atomic E-state index is 13.4. The summed E-state index contributed by atoms with van der Waals surface area (Å²) in [7, 11) is 0. The molecule has 0 bridgehead atoms. The topological polar surface area (TPSA) is 63.0 Å². The summed E-state index contributed by atoms with van der Waals surface area (Å²) in [5.74, 6) is -0.990. The molecular formula is C13H16F2N4O. The summed E-state index contributed by atoms with van der Waals surface area (Å²) in [4.78, 5) is 0. The molecule has 20 heavy (non-hydrogen) atoms. The number of halogens is 2. The molecule has 1 aromatic heterocycles. The third kappa shape index (κ3) is 3.99. The second-order valence-corrected chi connectivity index (χ2v) is 5.35. The van der Waals surface area contributed by atoms with E-state index in [1.165, 1.54) is 6.07 Å². The van der Waals surface area contributed by atoms with Crippen LogP contribution >= 0.6 is 0 Å². The molecule has 5 nitrogen and oxygen atoms in total. The van der Waals surface area contributed by atoms with Crippen LogP contribution in [0.4, 0.5) is 20.5 Å². The zero-order chi connectivity index (χ0) is 14.8. The monoisotopic (exact) mass is 282 g/mol. The van der Waals surface area contributed by atoms with Gasteiger partial charge in [0.15, 0.2) is 0 Å². The van der Waals surface area contributed by atoms with Crippen molar-refractivity contribution in [2.24, 2.45) is 0 Å². The molecule has 0 aliphatic heterocycles. The molecule has 0 aliphatic rings. The van der Waals surface area contributed by atoms with Gasteiger partial charge in [-0.1, -0.05) is 5.10 Å². The lowest BCUT2D eigenvalue weighted by Gasteiger charge is -2.18. The maximum absolute atomic E-state index is 13.4. The van der Waals surface area contributed by atoms with Gasteiger partial charge in [0.25, 0.3) is 0 Å². The summed E-state index contributed by atoms with van der Waals surface area (Å²) >= 11 is 0. The van der Waals surface area contributed by atoms with Crippen molar-refractivity contribution in [1.29, 1.82) is 0 Å². The van der Waals surface area contributed by atoms with Crippen molar-refractivity contribution >= 4 is 11.7 Å². The van der Waals surface area contributed by atoms with Crippen LogP contribution < -0.4 is 10.6 Å². The van der Waals surface area contributed by atoms with E-state index < -0.39 is 11.6 Å². The molecule has 2 N–H and O–H groups in total. The number of hydrogen-bond donors (Lipinski definition) is 2. The summed E-state index contributed by atoms with van der Waals surface area (Å²) in [6.07, 6.45) is 0. The predicted molar refractivity (Wildman–Crippen MR) is 70.5 cm³/mol. The summed E-state index contributed by atoms with van der Waals surface area (Å²) in [6.45, 7) is 6.44. The van der Waals surface area contributed by atoms with Gasteiger partial charge in [-0.3, -0.25) is 0 Å². The third-order valence-corrected chi connectivity index (χ3v) is 2.41. The van der Waals surface area contributed by atoms with Crippen LogP contribution in [-0.2, 0) is 6.54 Å². The van der Waals surface area contributed by atoms with Crippen molar-refractivity contribution < 1.29 is 13.2 Å². The van der Waals surface area contributed by atoms with Crippen LogP contribution in [0, 0.1) is 11.6 Å². The molecular weight excluding hydrogens is 266 g/mol. The maximum Gasteiger partial charge on any atom is 0.320 e. The molecule has 0 aliphatic carbocycles. The highest BCUT2D eigenvalue weighted by Gasteiger charge is 2.13. The zero-order valence-electron chi connectivity index (χ0n) is 11.5. The summed E-state index contributed by atoms with van der Waals surface area (Å²) in [5, 5.41) is 13.4. The lowest BCUT2D eigenvalue weighted by atomic mass is 10.1. The molecule has 0 unspecified atom stereocenters. The Morgan fingerprint density at radius 3 is 2.60 bits per heavy atom. The predicted octanol–water partition coefficient (Wildman–Crippen LogP) is 2.98. The Morgan fingerprint density at radius 2 is 1.95 bits per heavy atom. The van der Waals surface area contributed by atoms with Gasteiger partial charge in [0, 0.05) is 11.6 Å². The Kier molecular flexibility index (Phi) is 3.99. The average Bonchev–Trinajstić information content (AvgIpc) is 2.77. The van der Waals surface area contributed by atoms with Gasteiger partial charge >= 0.3 is 6.01 Å². The Balaban J connectivity index is 2.02. The minimum atomic E-state index is -0.724. The number of nitrogens with zero attached hydrogens (tertiary/aromatic N) is 2. The van der Waals surface area contributed by atoms with Gasteiger partial charge in [-0.15, -0.1) is 5.10 Å². The van der Waals surface area contributed by atoms with Crippen LogP contribution in [0.25, 0.3) is 0 Å². The van der Waals surface area contributed by atoms with Crippen LogP contribution in [0.2, 0.25) is 0 Å².